The number of ether oxygens (including phenoxy) is 1. The number of benzene rings is 2. The van der Waals surface area contributed by atoms with Crippen molar-refractivity contribution in [3.63, 3.8) is 0 Å². The zero-order chi connectivity index (χ0) is 19.6. The second-order valence-corrected chi connectivity index (χ2v) is 8.54. The average molecular weight is 433 g/mol. The molecule has 0 aliphatic carbocycles. The van der Waals surface area contributed by atoms with Gasteiger partial charge in [-0.05, 0) is 37.3 Å². The van der Waals surface area contributed by atoms with Crippen LogP contribution in [0.15, 0.2) is 45.7 Å². The summed E-state index contributed by atoms with van der Waals surface area (Å²) in [5.41, 5.74) is 0.0890. The monoisotopic (exact) mass is 432 g/mol. The van der Waals surface area contributed by atoms with Crippen molar-refractivity contribution in [2.45, 2.75) is 18.4 Å². The number of halogens is 3. The fourth-order valence-electron chi connectivity index (χ4n) is 2.47. The van der Waals surface area contributed by atoms with Crippen LogP contribution >= 0.6 is 22.9 Å². The van der Waals surface area contributed by atoms with Crippen molar-refractivity contribution in [1.82, 2.24) is 4.57 Å². The lowest BCUT2D eigenvalue weighted by atomic mass is 10.3. The zero-order valence-corrected chi connectivity index (χ0v) is 16.5. The molecule has 0 N–H and O–H groups in total. The fraction of sp³-hybridized carbons (Fsp3) is 0.235. The molecule has 0 spiro atoms. The van der Waals surface area contributed by atoms with Crippen LogP contribution in [0.2, 0.25) is 5.02 Å². The highest BCUT2D eigenvalue weighted by molar-refractivity contribution is 7.90. The first-order valence-electron chi connectivity index (χ1n) is 7.94. The van der Waals surface area contributed by atoms with Gasteiger partial charge in [-0.2, -0.15) is 8.42 Å². The Morgan fingerprint density at radius 1 is 1.22 bits per heavy atom. The summed E-state index contributed by atoms with van der Waals surface area (Å²) in [6.45, 7) is 2.66. The van der Waals surface area contributed by atoms with Crippen LogP contribution in [0.3, 0.4) is 0 Å². The van der Waals surface area contributed by atoms with Crippen LogP contribution in [-0.2, 0) is 21.3 Å². The Morgan fingerprint density at radius 2 is 1.93 bits per heavy atom. The number of hydrogen-bond acceptors (Lipinski definition) is 4. The Balaban J connectivity index is 2.19. The Bertz CT molecular complexity index is 1140. The molecular formula is C17H15ClF2N2O3S2. The van der Waals surface area contributed by atoms with Gasteiger partial charge in [0, 0.05) is 24.2 Å². The quantitative estimate of drug-likeness (QED) is 0.554. The summed E-state index contributed by atoms with van der Waals surface area (Å²) >= 11 is 6.68. The topological polar surface area (TPSA) is 60.7 Å². The highest BCUT2D eigenvalue weighted by Crippen LogP contribution is 2.23. The van der Waals surface area contributed by atoms with Gasteiger partial charge in [0.25, 0.3) is 10.0 Å². The first-order valence-corrected chi connectivity index (χ1v) is 10.6. The van der Waals surface area contributed by atoms with Crippen molar-refractivity contribution in [1.29, 1.82) is 0 Å². The van der Waals surface area contributed by atoms with Crippen molar-refractivity contribution >= 4 is 43.2 Å². The molecule has 0 aliphatic heterocycles. The number of rotatable bonds is 6. The molecular weight excluding hydrogens is 418 g/mol. The van der Waals surface area contributed by atoms with Crippen LogP contribution in [0.5, 0.6) is 0 Å². The largest absolute Gasteiger partial charge is 0.380 e. The zero-order valence-electron chi connectivity index (χ0n) is 14.2. The molecule has 3 aromatic rings. The van der Waals surface area contributed by atoms with Crippen molar-refractivity contribution in [2.24, 2.45) is 4.40 Å². The number of fused-ring (bicyclic) bond motifs is 1. The number of thiazole rings is 1. The first-order chi connectivity index (χ1) is 12.8. The summed E-state index contributed by atoms with van der Waals surface area (Å²) in [6.07, 6.45) is 0. The molecule has 0 radical (unpaired) electrons. The van der Waals surface area contributed by atoms with Gasteiger partial charge < -0.3 is 9.30 Å². The summed E-state index contributed by atoms with van der Waals surface area (Å²) in [6, 6.07) is 7.44. The molecule has 144 valence electrons. The SMILES string of the molecule is CCOCCn1c(=NS(=O)(=O)c2ccc(Cl)cc2)sc2cc(F)cc(F)c21. The third-order valence-electron chi connectivity index (χ3n) is 3.67. The number of nitrogens with zero attached hydrogens (tertiary/aromatic N) is 2. The van der Waals surface area contributed by atoms with Gasteiger partial charge in [0.1, 0.15) is 5.82 Å². The van der Waals surface area contributed by atoms with E-state index in [9.17, 15) is 17.2 Å². The van der Waals surface area contributed by atoms with Gasteiger partial charge in [0.05, 0.1) is 21.7 Å². The van der Waals surface area contributed by atoms with E-state index in [-0.39, 0.29) is 33.1 Å². The predicted octanol–water partition coefficient (Wildman–Crippen LogP) is 3.96. The lowest BCUT2D eigenvalue weighted by Crippen LogP contribution is -2.20. The minimum absolute atomic E-state index is 0.0316. The van der Waals surface area contributed by atoms with Crippen molar-refractivity contribution in [2.75, 3.05) is 13.2 Å². The maximum Gasteiger partial charge on any atom is 0.285 e. The van der Waals surface area contributed by atoms with Gasteiger partial charge in [-0.15, -0.1) is 4.40 Å². The van der Waals surface area contributed by atoms with Gasteiger partial charge >= 0.3 is 0 Å². The van der Waals surface area contributed by atoms with Crippen LogP contribution < -0.4 is 4.80 Å². The molecule has 0 bridgehead atoms. The maximum absolute atomic E-state index is 14.3. The van der Waals surface area contributed by atoms with E-state index in [2.05, 4.69) is 4.40 Å². The highest BCUT2D eigenvalue weighted by Gasteiger charge is 2.17. The van der Waals surface area contributed by atoms with E-state index in [1.807, 2.05) is 6.92 Å². The second kappa shape index (κ2) is 8.05. The third-order valence-corrected chi connectivity index (χ3v) is 6.34. The Labute approximate surface area is 163 Å². The molecule has 27 heavy (non-hydrogen) atoms. The van der Waals surface area contributed by atoms with E-state index in [4.69, 9.17) is 16.3 Å². The molecule has 5 nitrogen and oxygen atoms in total. The Morgan fingerprint density at radius 3 is 2.59 bits per heavy atom. The van der Waals surface area contributed by atoms with E-state index in [1.54, 1.807) is 0 Å². The number of aromatic nitrogens is 1. The van der Waals surface area contributed by atoms with E-state index in [1.165, 1.54) is 28.8 Å². The summed E-state index contributed by atoms with van der Waals surface area (Å²) in [4.78, 5) is -0.0171. The molecule has 0 saturated carbocycles. The smallest absolute Gasteiger partial charge is 0.285 e. The standard InChI is InChI=1S/C17H15ClF2N2O3S2/c1-2-25-8-7-22-16-14(20)9-12(19)10-15(16)26-17(22)21-27(23,24)13-5-3-11(18)4-6-13/h3-6,9-10H,2,7-8H2,1H3. The van der Waals surface area contributed by atoms with Gasteiger partial charge in [-0.25, -0.2) is 8.78 Å². The Kier molecular flexibility index (Phi) is 5.95. The summed E-state index contributed by atoms with van der Waals surface area (Å²) in [5.74, 6) is -1.53. The number of sulfonamides is 1. The van der Waals surface area contributed by atoms with Crippen molar-refractivity contribution in [3.8, 4) is 0 Å². The predicted molar refractivity (Wildman–Crippen MR) is 100 cm³/mol. The van der Waals surface area contributed by atoms with E-state index < -0.39 is 21.7 Å². The van der Waals surface area contributed by atoms with E-state index >= 15 is 0 Å². The minimum Gasteiger partial charge on any atom is -0.380 e. The molecule has 1 heterocycles. The molecule has 0 fully saturated rings. The molecule has 0 unspecified atom stereocenters. The summed E-state index contributed by atoms with van der Waals surface area (Å²) in [5, 5.41) is 0.389. The van der Waals surface area contributed by atoms with Crippen LogP contribution in [0.4, 0.5) is 8.78 Å². The van der Waals surface area contributed by atoms with Crippen LogP contribution in [0.25, 0.3) is 10.2 Å². The van der Waals surface area contributed by atoms with Crippen LogP contribution in [-0.4, -0.2) is 26.2 Å². The first kappa shape index (κ1) is 19.9. The van der Waals surface area contributed by atoms with E-state index in [0.717, 1.165) is 23.5 Å². The average Bonchev–Trinajstić information content (AvgIpc) is 2.92. The molecule has 10 heteroatoms. The second-order valence-electron chi connectivity index (χ2n) is 5.49. The molecule has 0 saturated heterocycles. The fourth-order valence-corrected chi connectivity index (χ4v) is 4.89. The normalized spacial score (nSPS) is 12.8. The van der Waals surface area contributed by atoms with Gasteiger partial charge in [-0.3, -0.25) is 0 Å². The summed E-state index contributed by atoms with van der Waals surface area (Å²) in [7, 11) is -4.05. The van der Waals surface area contributed by atoms with Crippen LogP contribution in [0.1, 0.15) is 6.92 Å². The third kappa shape index (κ3) is 4.37. The molecule has 1 aromatic heterocycles. The molecule has 0 aliphatic rings. The van der Waals surface area contributed by atoms with E-state index in [0.29, 0.717) is 11.6 Å². The lowest BCUT2D eigenvalue weighted by molar-refractivity contribution is 0.139. The lowest BCUT2D eigenvalue weighted by Gasteiger charge is -2.06. The Hall–Kier alpha value is -1.81. The minimum atomic E-state index is -4.05. The molecule has 3 rings (SSSR count). The van der Waals surface area contributed by atoms with Crippen molar-refractivity contribution < 1.29 is 21.9 Å². The number of hydrogen-bond donors (Lipinski definition) is 0. The highest BCUT2D eigenvalue weighted by atomic mass is 35.5. The maximum atomic E-state index is 14.3. The van der Waals surface area contributed by atoms with Gasteiger partial charge in [-0.1, -0.05) is 22.9 Å². The van der Waals surface area contributed by atoms with Gasteiger partial charge in [0.2, 0.25) is 4.80 Å². The molecule has 0 atom stereocenters. The van der Waals surface area contributed by atoms with Crippen molar-refractivity contribution in [3.05, 3.63) is 57.9 Å². The molecule has 2 aromatic carbocycles. The summed E-state index contributed by atoms with van der Waals surface area (Å²) < 4.78 is 63.9. The molecule has 0 amide bonds. The van der Waals surface area contributed by atoms with Crippen LogP contribution in [0, 0.1) is 11.6 Å². The van der Waals surface area contributed by atoms with Gasteiger partial charge in [0.15, 0.2) is 5.82 Å².